The number of carbonyl (C=O) groups is 1. The standard InChI is InChI=1S/C19H31NO5/c1-12(2)7-8-14-18(3,25-14)16-15(22-6)13(24-17(21)20(4)5)9-10-19(16)11-23-19/h7-8,12-16H,9-11H2,1-6H3/b8-7+/t13-,14-,15-,16?,18?,19+/m1/s1. The van der Waals surface area contributed by atoms with Crippen molar-refractivity contribution in [3.05, 3.63) is 12.2 Å². The zero-order valence-corrected chi connectivity index (χ0v) is 16.2. The van der Waals surface area contributed by atoms with Gasteiger partial charge in [0.15, 0.2) is 0 Å². The van der Waals surface area contributed by atoms with Gasteiger partial charge in [0.2, 0.25) is 0 Å². The maximum absolute atomic E-state index is 12.0. The SMILES string of the molecule is CO[C@H]1C(C2(C)O[C@@H]2/C=C/C(C)C)[C@]2(CC[C@H]1OC(=O)N(C)C)CO2. The normalized spacial score (nSPS) is 42.8. The van der Waals surface area contributed by atoms with Gasteiger partial charge < -0.3 is 23.8 Å². The molecule has 0 aromatic heterocycles. The second-order valence-corrected chi connectivity index (χ2v) is 8.24. The number of amides is 1. The number of methoxy groups -OCH3 is 1. The van der Waals surface area contributed by atoms with Gasteiger partial charge in [-0.15, -0.1) is 0 Å². The molecule has 6 heteroatoms. The van der Waals surface area contributed by atoms with Crippen molar-refractivity contribution in [3.63, 3.8) is 0 Å². The lowest BCUT2D eigenvalue weighted by atomic mass is 9.68. The fourth-order valence-electron chi connectivity index (χ4n) is 4.18. The van der Waals surface area contributed by atoms with Crippen LogP contribution in [0.1, 0.15) is 33.6 Å². The maximum atomic E-state index is 12.0. The summed E-state index contributed by atoms with van der Waals surface area (Å²) in [5.74, 6) is 0.526. The van der Waals surface area contributed by atoms with E-state index in [1.807, 2.05) is 0 Å². The minimum absolute atomic E-state index is 0.0422. The molecule has 2 unspecified atom stereocenters. The molecule has 142 valence electrons. The van der Waals surface area contributed by atoms with Gasteiger partial charge in [0.05, 0.1) is 12.5 Å². The number of rotatable bonds is 5. The van der Waals surface area contributed by atoms with Crippen molar-refractivity contribution in [2.24, 2.45) is 11.8 Å². The van der Waals surface area contributed by atoms with Gasteiger partial charge in [-0.05, 0) is 25.7 Å². The van der Waals surface area contributed by atoms with Crippen LogP contribution in [0.2, 0.25) is 0 Å². The molecule has 2 heterocycles. The van der Waals surface area contributed by atoms with E-state index < -0.39 is 0 Å². The molecular weight excluding hydrogens is 322 g/mol. The monoisotopic (exact) mass is 353 g/mol. The van der Waals surface area contributed by atoms with Crippen molar-refractivity contribution in [1.29, 1.82) is 0 Å². The number of allylic oxidation sites excluding steroid dienone is 1. The first-order chi connectivity index (χ1) is 11.7. The van der Waals surface area contributed by atoms with Crippen LogP contribution >= 0.6 is 0 Å². The Morgan fingerprint density at radius 1 is 1.36 bits per heavy atom. The number of nitrogens with zero attached hydrogens (tertiary/aromatic N) is 1. The van der Waals surface area contributed by atoms with E-state index in [1.165, 1.54) is 4.90 Å². The summed E-state index contributed by atoms with van der Waals surface area (Å²) in [6, 6.07) is 0. The molecule has 3 fully saturated rings. The summed E-state index contributed by atoms with van der Waals surface area (Å²) in [6.07, 6.45) is 5.13. The van der Waals surface area contributed by atoms with Crippen molar-refractivity contribution >= 4 is 6.09 Å². The third-order valence-electron chi connectivity index (χ3n) is 5.70. The minimum Gasteiger partial charge on any atom is -0.443 e. The summed E-state index contributed by atoms with van der Waals surface area (Å²) in [5.41, 5.74) is -0.539. The number of ether oxygens (including phenoxy) is 4. The zero-order chi connectivity index (χ0) is 18.4. The fraction of sp³-hybridized carbons (Fsp3) is 0.842. The zero-order valence-electron chi connectivity index (χ0n) is 16.2. The number of carbonyl (C=O) groups excluding carboxylic acids is 1. The summed E-state index contributed by atoms with van der Waals surface area (Å²) in [4.78, 5) is 13.5. The second kappa shape index (κ2) is 6.56. The Kier molecular flexibility index (Phi) is 4.90. The number of hydrogen-bond acceptors (Lipinski definition) is 5. The number of epoxide rings is 2. The van der Waals surface area contributed by atoms with E-state index in [9.17, 15) is 4.79 Å². The summed E-state index contributed by atoms with van der Waals surface area (Å²) >= 11 is 0. The highest BCUT2D eigenvalue weighted by molar-refractivity contribution is 5.67. The van der Waals surface area contributed by atoms with Crippen LogP contribution < -0.4 is 0 Å². The van der Waals surface area contributed by atoms with Crippen LogP contribution in [-0.4, -0.2) is 68.3 Å². The molecule has 2 aliphatic heterocycles. The Balaban J connectivity index is 1.79. The Labute approximate surface area is 150 Å². The smallest absolute Gasteiger partial charge is 0.409 e. The third-order valence-corrected chi connectivity index (χ3v) is 5.70. The Hall–Kier alpha value is -1.11. The molecule has 2 saturated heterocycles. The van der Waals surface area contributed by atoms with Gasteiger partial charge in [-0.2, -0.15) is 0 Å². The molecule has 0 aromatic carbocycles. The summed E-state index contributed by atoms with van der Waals surface area (Å²) < 4.78 is 23.5. The molecule has 0 aromatic rings. The first kappa shape index (κ1) is 18.7. The van der Waals surface area contributed by atoms with E-state index in [0.717, 1.165) is 19.4 Å². The molecule has 1 saturated carbocycles. The van der Waals surface area contributed by atoms with Gasteiger partial charge in [-0.1, -0.05) is 26.0 Å². The van der Waals surface area contributed by atoms with E-state index in [-0.39, 0.29) is 41.5 Å². The number of hydrogen-bond donors (Lipinski definition) is 0. The molecular formula is C19H31NO5. The average Bonchev–Trinajstić information content (AvgIpc) is 3.45. The topological polar surface area (TPSA) is 63.8 Å². The molecule has 6 nitrogen and oxygen atoms in total. The average molecular weight is 353 g/mol. The van der Waals surface area contributed by atoms with E-state index >= 15 is 0 Å². The molecule has 0 radical (unpaired) electrons. The summed E-state index contributed by atoms with van der Waals surface area (Å²) in [7, 11) is 5.06. The van der Waals surface area contributed by atoms with Crippen LogP contribution in [0.15, 0.2) is 12.2 Å². The quantitative estimate of drug-likeness (QED) is 0.561. The van der Waals surface area contributed by atoms with Gasteiger partial charge in [0.1, 0.15) is 29.5 Å². The lowest BCUT2D eigenvalue weighted by Crippen LogP contribution is -2.56. The Morgan fingerprint density at radius 2 is 2.04 bits per heavy atom. The highest BCUT2D eigenvalue weighted by atomic mass is 16.6. The molecule has 1 aliphatic carbocycles. The largest absolute Gasteiger partial charge is 0.443 e. The molecule has 1 spiro atoms. The molecule has 3 aliphatic rings. The third kappa shape index (κ3) is 3.44. The molecule has 1 amide bonds. The van der Waals surface area contributed by atoms with Gasteiger partial charge in [0.25, 0.3) is 0 Å². The lowest BCUT2D eigenvalue weighted by Gasteiger charge is -2.42. The predicted molar refractivity (Wildman–Crippen MR) is 93.4 cm³/mol. The van der Waals surface area contributed by atoms with Crippen molar-refractivity contribution in [2.45, 2.75) is 63.1 Å². The fourth-order valence-corrected chi connectivity index (χ4v) is 4.18. The van der Waals surface area contributed by atoms with Gasteiger partial charge in [-0.25, -0.2) is 4.79 Å². The molecule has 6 atom stereocenters. The highest BCUT2D eigenvalue weighted by Gasteiger charge is 2.72. The highest BCUT2D eigenvalue weighted by Crippen LogP contribution is 2.59. The van der Waals surface area contributed by atoms with Gasteiger partial charge >= 0.3 is 6.09 Å². The Bertz CT molecular complexity index is 542. The van der Waals surface area contributed by atoms with Crippen molar-refractivity contribution in [1.82, 2.24) is 4.90 Å². The van der Waals surface area contributed by atoms with Crippen LogP contribution in [0.5, 0.6) is 0 Å². The predicted octanol–water partition coefficient (Wildman–Crippen LogP) is 2.62. The first-order valence-corrected chi connectivity index (χ1v) is 9.14. The Morgan fingerprint density at radius 3 is 2.56 bits per heavy atom. The first-order valence-electron chi connectivity index (χ1n) is 9.14. The molecule has 0 bridgehead atoms. The van der Waals surface area contributed by atoms with Crippen LogP contribution in [0.3, 0.4) is 0 Å². The van der Waals surface area contributed by atoms with E-state index in [1.54, 1.807) is 21.2 Å². The second-order valence-electron chi connectivity index (χ2n) is 8.24. The molecule has 3 rings (SSSR count). The van der Waals surface area contributed by atoms with Crippen LogP contribution in [0, 0.1) is 11.8 Å². The van der Waals surface area contributed by atoms with Crippen molar-refractivity contribution in [2.75, 3.05) is 27.8 Å². The summed E-state index contributed by atoms with van der Waals surface area (Å²) in [5, 5.41) is 0. The van der Waals surface area contributed by atoms with Crippen molar-refractivity contribution in [3.8, 4) is 0 Å². The molecule has 0 N–H and O–H groups in total. The lowest BCUT2D eigenvalue weighted by molar-refractivity contribution is -0.120. The van der Waals surface area contributed by atoms with Crippen LogP contribution in [0.4, 0.5) is 4.79 Å². The van der Waals surface area contributed by atoms with Crippen LogP contribution in [-0.2, 0) is 18.9 Å². The van der Waals surface area contributed by atoms with Gasteiger partial charge in [-0.3, -0.25) is 0 Å². The van der Waals surface area contributed by atoms with E-state index in [0.29, 0.717) is 5.92 Å². The van der Waals surface area contributed by atoms with Crippen molar-refractivity contribution < 1.29 is 23.7 Å². The molecule has 25 heavy (non-hydrogen) atoms. The van der Waals surface area contributed by atoms with E-state index in [4.69, 9.17) is 18.9 Å². The maximum Gasteiger partial charge on any atom is 0.409 e. The minimum atomic E-state index is -0.342. The van der Waals surface area contributed by atoms with Crippen LogP contribution in [0.25, 0.3) is 0 Å². The van der Waals surface area contributed by atoms with E-state index in [2.05, 4.69) is 32.9 Å². The van der Waals surface area contributed by atoms with Gasteiger partial charge in [0, 0.05) is 21.2 Å². The summed E-state index contributed by atoms with van der Waals surface area (Å²) in [6.45, 7) is 7.15.